The number of hydrogen-bond acceptors (Lipinski definition) is 6. The average Bonchev–Trinajstić information content (AvgIpc) is 3.18. The molecule has 0 unspecified atom stereocenters. The lowest BCUT2D eigenvalue weighted by atomic mass is 10.1. The van der Waals surface area contributed by atoms with Gasteiger partial charge in [0.05, 0.1) is 25.8 Å². The van der Waals surface area contributed by atoms with Gasteiger partial charge in [-0.1, -0.05) is 17.3 Å². The summed E-state index contributed by atoms with van der Waals surface area (Å²) >= 11 is 0. The van der Waals surface area contributed by atoms with E-state index in [4.69, 9.17) is 14.5 Å². The molecule has 0 saturated carbocycles. The molecule has 0 N–H and O–H groups in total. The van der Waals surface area contributed by atoms with Crippen molar-refractivity contribution in [1.82, 2.24) is 19.8 Å². The fraction of sp³-hybridized carbons (Fsp3) is 0.250. The van der Waals surface area contributed by atoms with Gasteiger partial charge in [-0.15, -0.1) is 5.10 Å². The van der Waals surface area contributed by atoms with Crippen LogP contribution in [-0.4, -0.2) is 53.2 Å². The van der Waals surface area contributed by atoms with Gasteiger partial charge in [0.25, 0.3) is 0 Å². The van der Waals surface area contributed by atoms with Crippen molar-refractivity contribution in [2.24, 2.45) is 0 Å². The van der Waals surface area contributed by atoms with E-state index in [1.54, 1.807) is 7.11 Å². The van der Waals surface area contributed by atoms with E-state index >= 15 is 0 Å². The molecule has 0 radical (unpaired) electrons. The van der Waals surface area contributed by atoms with Crippen LogP contribution in [0.2, 0.25) is 0 Å². The smallest absolute Gasteiger partial charge is 0.186 e. The largest absolute Gasteiger partial charge is 0.497 e. The van der Waals surface area contributed by atoms with Crippen molar-refractivity contribution in [3.8, 4) is 17.0 Å². The summed E-state index contributed by atoms with van der Waals surface area (Å²) in [4.78, 5) is 7.26. The van der Waals surface area contributed by atoms with Crippen LogP contribution in [0.3, 0.4) is 0 Å². The first-order valence-corrected chi connectivity index (χ1v) is 8.96. The Balaban J connectivity index is 1.73. The monoisotopic (exact) mass is 361 g/mol. The first kappa shape index (κ1) is 16.0. The van der Waals surface area contributed by atoms with Crippen LogP contribution in [0.4, 0.5) is 5.82 Å². The van der Waals surface area contributed by atoms with Gasteiger partial charge < -0.3 is 14.4 Å². The minimum absolute atomic E-state index is 0.712. The molecule has 1 aliphatic heterocycles. The molecule has 0 atom stereocenters. The lowest BCUT2D eigenvalue weighted by molar-refractivity contribution is 0.122. The van der Waals surface area contributed by atoms with Crippen LogP contribution in [0.1, 0.15) is 0 Å². The molecule has 4 aromatic rings. The van der Waals surface area contributed by atoms with Gasteiger partial charge in [0, 0.05) is 24.0 Å². The molecule has 3 heterocycles. The number of methoxy groups -OCH3 is 1. The van der Waals surface area contributed by atoms with Gasteiger partial charge in [0.2, 0.25) is 0 Å². The summed E-state index contributed by atoms with van der Waals surface area (Å²) in [6, 6.07) is 16.0. The summed E-state index contributed by atoms with van der Waals surface area (Å²) in [7, 11) is 1.66. The normalized spacial score (nSPS) is 14.8. The number of aromatic nitrogens is 4. The Morgan fingerprint density at radius 1 is 1.00 bits per heavy atom. The number of nitrogens with zero attached hydrogens (tertiary/aromatic N) is 5. The molecular weight excluding hydrogens is 342 g/mol. The number of para-hydroxylation sites is 1. The Bertz CT molecular complexity index is 1100. The third-order valence-electron chi connectivity index (χ3n) is 4.91. The van der Waals surface area contributed by atoms with Gasteiger partial charge in [0.15, 0.2) is 5.65 Å². The first-order chi connectivity index (χ1) is 13.3. The average molecular weight is 361 g/mol. The predicted molar refractivity (Wildman–Crippen MR) is 103 cm³/mol. The Morgan fingerprint density at radius 3 is 2.56 bits per heavy atom. The Labute approximate surface area is 156 Å². The molecule has 27 heavy (non-hydrogen) atoms. The minimum Gasteiger partial charge on any atom is -0.497 e. The van der Waals surface area contributed by atoms with Crippen LogP contribution in [-0.2, 0) is 4.74 Å². The number of hydrogen-bond donors (Lipinski definition) is 0. The van der Waals surface area contributed by atoms with Crippen molar-refractivity contribution in [2.45, 2.75) is 0 Å². The van der Waals surface area contributed by atoms with Crippen LogP contribution in [0, 0.1) is 0 Å². The zero-order valence-corrected chi connectivity index (χ0v) is 15.0. The van der Waals surface area contributed by atoms with Gasteiger partial charge in [-0.05, 0) is 36.4 Å². The number of ether oxygens (including phenoxy) is 2. The minimum atomic E-state index is 0.712. The van der Waals surface area contributed by atoms with E-state index in [-0.39, 0.29) is 0 Å². The molecule has 0 bridgehead atoms. The summed E-state index contributed by atoms with van der Waals surface area (Å²) in [5.74, 6) is 1.76. The highest BCUT2D eigenvalue weighted by Crippen LogP contribution is 2.30. The van der Waals surface area contributed by atoms with E-state index in [1.807, 2.05) is 40.9 Å². The molecule has 0 aliphatic carbocycles. The van der Waals surface area contributed by atoms with Gasteiger partial charge in [-0.3, -0.25) is 0 Å². The third-order valence-corrected chi connectivity index (χ3v) is 4.91. The molecule has 5 rings (SSSR count). The fourth-order valence-electron chi connectivity index (χ4n) is 3.50. The van der Waals surface area contributed by atoms with E-state index in [2.05, 4.69) is 27.3 Å². The molecule has 1 saturated heterocycles. The molecule has 1 aliphatic rings. The maximum absolute atomic E-state index is 5.51. The second-order valence-corrected chi connectivity index (χ2v) is 6.45. The van der Waals surface area contributed by atoms with Crippen LogP contribution in [0.15, 0.2) is 48.5 Å². The molecule has 0 amide bonds. The molecule has 136 valence electrons. The van der Waals surface area contributed by atoms with Gasteiger partial charge in [-0.25, -0.2) is 4.98 Å². The summed E-state index contributed by atoms with van der Waals surface area (Å²) in [6.45, 7) is 3.08. The lowest BCUT2D eigenvalue weighted by Gasteiger charge is -2.28. The van der Waals surface area contributed by atoms with E-state index in [0.29, 0.717) is 13.2 Å². The zero-order valence-electron chi connectivity index (χ0n) is 15.0. The summed E-state index contributed by atoms with van der Waals surface area (Å²) < 4.78 is 12.6. The highest BCUT2D eigenvalue weighted by Gasteiger charge is 2.20. The van der Waals surface area contributed by atoms with Crippen LogP contribution in [0.5, 0.6) is 5.75 Å². The number of benzene rings is 2. The van der Waals surface area contributed by atoms with Crippen LogP contribution in [0.25, 0.3) is 27.8 Å². The van der Waals surface area contributed by atoms with E-state index in [1.165, 1.54) is 0 Å². The van der Waals surface area contributed by atoms with Crippen molar-refractivity contribution in [3.63, 3.8) is 0 Å². The maximum Gasteiger partial charge on any atom is 0.186 e. The van der Waals surface area contributed by atoms with E-state index in [0.717, 1.165) is 52.5 Å². The molecule has 2 aromatic carbocycles. The molecule has 2 aromatic heterocycles. The zero-order chi connectivity index (χ0) is 18.2. The van der Waals surface area contributed by atoms with Gasteiger partial charge >= 0.3 is 0 Å². The fourth-order valence-corrected chi connectivity index (χ4v) is 3.50. The van der Waals surface area contributed by atoms with Crippen LogP contribution >= 0.6 is 0 Å². The molecular formula is C20H19N5O2. The quantitative estimate of drug-likeness (QED) is 0.559. The predicted octanol–water partition coefficient (Wildman–Crippen LogP) is 2.79. The van der Waals surface area contributed by atoms with Crippen LogP contribution < -0.4 is 9.64 Å². The lowest BCUT2D eigenvalue weighted by Crippen LogP contribution is -2.37. The maximum atomic E-state index is 5.51. The van der Waals surface area contributed by atoms with Crippen molar-refractivity contribution < 1.29 is 9.47 Å². The van der Waals surface area contributed by atoms with Gasteiger partial charge in [0.1, 0.15) is 17.3 Å². The number of morpholine rings is 1. The second kappa shape index (κ2) is 6.51. The van der Waals surface area contributed by atoms with Crippen molar-refractivity contribution >= 4 is 22.4 Å². The first-order valence-electron chi connectivity index (χ1n) is 8.96. The standard InChI is InChI=1S/C20H19N5O2/c1-26-15-8-6-14(7-9-15)18-20-21-19(24-10-12-27-13-11-24)16-4-2-3-5-17(16)25(20)23-22-18/h2-9H,10-13H2,1H3. The Hall–Kier alpha value is -3.19. The molecule has 0 spiro atoms. The second-order valence-electron chi connectivity index (χ2n) is 6.45. The summed E-state index contributed by atoms with van der Waals surface area (Å²) in [6.07, 6.45) is 0. The number of anilines is 1. The molecule has 7 heteroatoms. The van der Waals surface area contributed by atoms with Crippen molar-refractivity contribution in [3.05, 3.63) is 48.5 Å². The van der Waals surface area contributed by atoms with Gasteiger partial charge in [-0.2, -0.15) is 4.52 Å². The molecule has 1 fully saturated rings. The Kier molecular flexibility index (Phi) is 3.86. The highest BCUT2D eigenvalue weighted by molar-refractivity contribution is 5.93. The van der Waals surface area contributed by atoms with Crippen molar-refractivity contribution in [1.29, 1.82) is 0 Å². The molecule has 7 nitrogen and oxygen atoms in total. The Morgan fingerprint density at radius 2 is 1.78 bits per heavy atom. The summed E-state index contributed by atoms with van der Waals surface area (Å²) in [5.41, 5.74) is 3.47. The van der Waals surface area contributed by atoms with E-state index in [9.17, 15) is 0 Å². The third kappa shape index (κ3) is 2.67. The highest BCUT2D eigenvalue weighted by atomic mass is 16.5. The summed E-state index contributed by atoms with van der Waals surface area (Å²) in [5, 5.41) is 9.87. The van der Waals surface area contributed by atoms with E-state index < -0.39 is 0 Å². The topological polar surface area (TPSA) is 64.8 Å². The van der Waals surface area contributed by atoms with Crippen molar-refractivity contribution in [2.75, 3.05) is 38.3 Å². The number of fused-ring (bicyclic) bond motifs is 3. The SMILES string of the molecule is COc1ccc(-c2nnn3c2nc(N2CCOCC2)c2ccccc23)cc1. The number of rotatable bonds is 3.